The standard InChI is InChI=1S/C17H19F2NO3/c18-14-4-3-13(8-15(14)19)20-16(21)9-23-17(22)7-12-6-10-1-2-11(12)5-10/h3-4,8,10-12H,1-2,5-7,9H2,(H,20,21)/t10-,11+,12-/m0/s1. The lowest BCUT2D eigenvalue weighted by Gasteiger charge is -2.20. The van der Waals surface area contributed by atoms with E-state index in [0.717, 1.165) is 24.5 Å². The zero-order valence-corrected chi connectivity index (χ0v) is 12.7. The van der Waals surface area contributed by atoms with Crippen LogP contribution in [0.2, 0.25) is 0 Å². The average molecular weight is 323 g/mol. The van der Waals surface area contributed by atoms with Crippen LogP contribution in [0.5, 0.6) is 0 Å². The Balaban J connectivity index is 1.41. The average Bonchev–Trinajstić information content (AvgIpc) is 3.12. The first kappa shape index (κ1) is 15.9. The SMILES string of the molecule is O=C(COC(=O)C[C@@H]1C[C@H]2CC[C@@H]1C2)Nc1ccc(F)c(F)c1. The minimum atomic E-state index is -1.05. The number of rotatable bonds is 5. The van der Waals surface area contributed by atoms with Crippen molar-refractivity contribution in [2.45, 2.75) is 32.1 Å². The van der Waals surface area contributed by atoms with Crippen molar-refractivity contribution < 1.29 is 23.1 Å². The Bertz CT molecular complexity index is 620. The Morgan fingerprint density at radius 3 is 2.65 bits per heavy atom. The third kappa shape index (κ3) is 3.86. The van der Waals surface area contributed by atoms with E-state index in [1.807, 2.05) is 0 Å². The maximum absolute atomic E-state index is 13.0. The van der Waals surface area contributed by atoms with Crippen LogP contribution in [0, 0.1) is 29.4 Å². The Morgan fingerprint density at radius 2 is 2.00 bits per heavy atom. The number of hydrogen-bond acceptors (Lipinski definition) is 3. The molecule has 124 valence electrons. The molecule has 4 nitrogen and oxygen atoms in total. The fraction of sp³-hybridized carbons (Fsp3) is 0.529. The summed E-state index contributed by atoms with van der Waals surface area (Å²) in [4.78, 5) is 23.5. The van der Waals surface area contributed by atoms with Crippen molar-refractivity contribution in [1.82, 2.24) is 0 Å². The van der Waals surface area contributed by atoms with E-state index in [-0.39, 0.29) is 11.7 Å². The Morgan fingerprint density at radius 1 is 1.17 bits per heavy atom. The summed E-state index contributed by atoms with van der Waals surface area (Å²) in [5.41, 5.74) is 0.123. The number of halogens is 2. The van der Waals surface area contributed by atoms with Gasteiger partial charge < -0.3 is 10.1 Å². The molecule has 0 unspecified atom stereocenters. The van der Waals surface area contributed by atoms with E-state index in [9.17, 15) is 18.4 Å². The lowest BCUT2D eigenvalue weighted by atomic mass is 9.86. The van der Waals surface area contributed by atoms with Crippen LogP contribution < -0.4 is 5.32 Å². The van der Waals surface area contributed by atoms with Crippen molar-refractivity contribution in [2.75, 3.05) is 11.9 Å². The summed E-state index contributed by atoms with van der Waals surface area (Å²) in [6, 6.07) is 3.05. The highest BCUT2D eigenvalue weighted by atomic mass is 19.2. The van der Waals surface area contributed by atoms with Gasteiger partial charge >= 0.3 is 5.97 Å². The number of benzene rings is 1. The van der Waals surface area contributed by atoms with E-state index in [1.165, 1.54) is 25.3 Å². The van der Waals surface area contributed by atoms with Gasteiger partial charge in [-0.3, -0.25) is 9.59 Å². The molecule has 2 aliphatic carbocycles. The van der Waals surface area contributed by atoms with E-state index >= 15 is 0 Å². The zero-order valence-electron chi connectivity index (χ0n) is 12.7. The number of fused-ring (bicyclic) bond motifs is 2. The van der Waals surface area contributed by atoms with Crippen LogP contribution in [0.1, 0.15) is 32.1 Å². The first-order valence-corrected chi connectivity index (χ1v) is 7.92. The van der Waals surface area contributed by atoms with Gasteiger partial charge in [0.05, 0.1) is 0 Å². The van der Waals surface area contributed by atoms with Crippen molar-refractivity contribution in [3.8, 4) is 0 Å². The number of hydrogen-bond donors (Lipinski definition) is 1. The van der Waals surface area contributed by atoms with Gasteiger partial charge in [0, 0.05) is 18.2 Å². The van der Waals surface area contributed by atoms with Crippen LogP contribution in [-0.4, -0.2) is 18.5 Å². The Hall–Kier alpha value is -1.98. The summed E-state index contributed by atoms with van der Waals surface area (Å²) >= 11 is 0. The first-order valence-electron chi connectivity index (χ1n) is 7.92. The van der Waals surface area contributed by atoms with E-state index in [2.05, 4.69) is 5.32 Å². The van der Waals surface area contributed by atoms with Gasteiger partial charge in [-0.1, -0.05) is 6.42 Å². The molecule has 3 rings (SSSR count). The number of carbonyl (C=O) groups excluding carboxylic acids is 2. The number of anilines is 1. The molecule has 2 fully saturated rings. The molecule has 1 amide bonds. The highest BCUT2D eigenvalue weighted by Crippen LogP contribution is 2.49. The fourth-order valence-corrected chi connectivity index (χ4v) is 3.82. The second kappa shape index (κ2) is 6.64. The molecule has 1 aromatic carbocycles. The summed E-state index contributed by atoms with van der Waals surface area (Å²) in [6.45, 7) is -0.418. The third-order valence-electron chi connectivity index (χ3n) is 4.88. The maximum atomic E-state index is 13.0. The molecule has 0 aromatic heterocycles. The second-order valence-electron chi connectivity index (χ2n) is 6.48. The van der Waals surface area contributed by atoms with Crippen LogP contribution in [-0.2, 0) is 14.3 Å². The van der Waals surface area contributed by atoms with Crippen LogP contribution in [0.4, 0.5) is 14.5 Å². The molecule has 1 N–H and O–H groups in total. The molecule has 23 heavy (non-hydrogen) atoms. The van der Waals surface area contributed by atoms with E-state index in [0.29, 0.717) is 18.3 Å². The van der Waals surface area contributed by atoms with Crippen LogP contribution in [0.3, 0.4) is 0 Å². The normalized spacial score (nSPS) is 25.4. The lowest BCUT2D eigenvalue weighted by Crippen LogP contribution is -2.23. The molecule has 2 aliphatic rings. The van der Waals surface area contributed by atoms with E-state index in [4.69, 9.17) is 4.74 Å². The molecule has 0 heterocycles. The fourth-order valence-electron chi connectivity index (χ4n) is 3.82. The van der Waals surface area contributed by atoms with Gasteiger partial charge in [-0.25, -0.2) is 8.78 Å². The van der Waals surface area contributed by atoms with Gasteiger partial charge in [-0.15, -0.1) is 0 Å². The van der Waals surface area contributed by atoms with Gasteiger partial charge in [0.15, 0.2) is 18.2 Å². The molecular weight excluding hydrogens is 304 g/mol. The molecule has 0 radical (unpaired) electrons. The number of esters is 1. The molecule has 0 saturated heterocycles. The molecule has 0 aliphatic heterocycles. The summed E-state index contributed by atoms with van der Waals surface area (Å²) in [5, 5.41) is 2.36. The highest BCUT2D eigenvalue weighted by molar-refractivity contribution is 5.92. The van der Waals surface area contributed by atoms with Gasteiger partial charge in [0.1, 0.15) is 0 Å². The smallest absolute Gasteiger partial charge is 0.306 e. The molecule has 3 atom stereocenters. The molecule has 1 aromatic rings. The molecule has 2 bridgehead atoms. The predicted octanol–water partition coefficient (Wildman–Crippen LogP) is 3.27. The minimum absolute atomic E-state index is 0.123. The second-order valence-corrected chi connectivity index (χ2v) is 6.48. The summed E-state index contributed by atoms with van der Waals surface area (Å²) in [5.74, 6) is -1.20. The minimum Gasteiger partial charge on any atom is -0.456 e. The lowest BCUT2D eigenvalue weighted by molar-refractivity contribution is -0.148. The van der Waals surface area contributed by atoms with Crippen molar-refractivity contribution in [3.63, 3.8) is 0 Å². The molecule has 2 saturated carbocycles. The van der Waals surface area contributed by atoms with Gasteiger partial charge in [0.2, 0.25) is 0 Å². The summed E-state index contributed by atoms with van der Waals surface area (Å²) in [6.07, 6.45) is 5.13. The van der Waals surface area contributed by atoms with Gasteiger partial charge in [-0.05, 0) is 49.1 Å². The van der Waals surface area contributed by atoms with Crippen LogP contribution in [0.25, 0.3) is 0 Å². The predicted molar refractivity (Wildman–Crippen MR) is 79.5 cm³/mol. The van der Waals surface area contributed by atoms with Crippen molar-refractivity contribution in [1.29, 1.82) is 0 Å². The van der Waals surface area contributed by atoms with Gasteiger partial charge in [0.25, 0.3) is 5.91 Å². The quantitative estimate of drug-likeness (QED) is 0.846. The topological polar surface area (TPSA) is 55.4 Å². The molecular formula is C17H19F2NO3. The van der Waals surface area contributed by atoms with E-state index < -0.39 is 24.1 Å². The zero-order chi connectivity index (χ0) is 16.4. The highest BCUT2D eigenvalue weighted by Gasteiger charge is 2.40. The Labute approximate surface area is 133 Å². The number of carbonyl (C=O) groups is 2. The first-order chi connectivity index (χ1) is 11.0. The van der Waals surface area contributed by atoms with Crippen molar-refractivity contribution >= 4 is 17.6 Å². The van der Waals surface area contributed by atoms with Crippen molar-refractivity contribution in [2.24, 2.45) is 17.8 Å². The number of amides is 1. The monoisotopic (exact) mass is 323 g/mol. The molecule has 6 heteroatoms. The van der Waals surface area contributed by atoms with Crippen LogP contribution in [0.15, 0.2) is 18.2 Å². The van der Waals surface area contributed by atoms with Gasteiger partial charge in [-0.2, -0.15) is 0 Å². The van der Waals surface area contributed by atoms with Crippen molar-refractivity contribution in [3.05, 3.63) is 29.8 Å². The number of nitrogens with one attached hydrogen (secondary N) is 1. The molecule has 0 spiro atoms. The Kier molecular flexibility index (Phi) is 4.59. The largest absolute Gasteiger partial charge is 0.456 e. The number of ether oxygens (including phenoxy) is 1. The van der Waals surface area contributed by atoms with Crippen LogP contribution >= 0.6 is 0 Å². The van der Waals surface area contributed by atoms with E-state index in [1.54, 1.807) is 0 Å². The maximum Gasteiger partial charge on any atom is 0.306 e. The third-order valence-corrected chi connectivity index (χ3v) is 4.88. The summed E-state index contributed by atoms with van der Waals surface area (Å²) < 4.78 is 30.8. The summed E-state index contributed by atoms with van der Waals surface area (Å²) in [7, 11) is 0.